The van der Waals surface area contributed by atoms with Crippen molar-refractivity contribution in [2.75, 3.05) is 11.9 Å². The second-order valence-corrected chi connectivity index (χ2v) is 6.34. The lowest BCUT2D eigenvalue weighted by atomic mass is 10.3. The number of hydrogen-bond donors (Lipinski definition) is 1. The van der Waals surface area contributed by atoms with Crippen LogP contribution in [0, 0.1) is 0 Å². The number of anilines is 1. The van der Waals surface area contributed by atoms with Crippen molar-refractivity contribution < 1.29 is 14.3 Å². The number of pyridine rings is 1. The van der Waals surface area contributed by atoms with Crippen LogP contribution < -0.4 is 5.32 Å². The largest absolute Gasteiger partial charge is 0.451 e. The van der Waals surface area contributed by atoms with E-state index in [2.05, 4.69) is 10.3 Å². The Morgan fingerprint density at radius 2 is 1.75 bits per heavy atom. The summed E-state index contributed by atoms with van der Waals surface area (Å²) in [4.78, 5) is 27.4. The van der Waals surface area contributed by atoms with E-state index in [0.717, 1.165) is 6.20 Å². The number of esters is 1. The monoisotopic (exact) mass is 426 g/mol. The lowest BCUT2D eigenvalue weighted by Gasteiger charge is -2.09. The molecule has 1 amide bonds. The van der Waals surface area contributed by atoms with Gasteiger partial charge in [-0.15, -0.1) is 0 Å². The first-order valence-electron chi connectivity index (χ1n) is 6.21. The second-order valence-electron chi connectivity index (χ2n) is 4.33. The highest BCUT2D eigenvalue weighted by atomic mass is 35.5. The Bertz CT molecular complexity index is 813. The van der Waals surface area contributed by atoms with Gasteiger partial charge in [-0.05, 0) is 18.2 Å². The summed E-state index contributed by atoms with van der Waals surface area (Å²) < 4.78 is 4.83. The van der Waals surface area contributed by atoms with Gasteiger partial charge < -0.3 is 10.1 Å². The normalized spacial score (nSPS) is 10.4. The number of nitrogens with zero attached hydrogens (tertiary/aromatic N) is 1. The molecule has 126 valence electrons. The summed E-state index contributed by atoms with van der Waals surface area (Å²) in [6.07, 6.45) is 1.15. The van der Waals surface area contributed by atoms with Crippen molar-refractivity contribution in [3.8, 4) is 0 Å². The van der Waals surface area contributed by atoms with Gasteiger partial charge in [0.25, 0.3) is 5.91 Å². The summed E-state index contributed by atoms with van der Waals surface area (Å²) in [5.41, 5.74) is 0.0798. The van der Waals surface area contributed by atoms with Crippen LogP contribution in [-0.2, 0) is 9.53 Å². The third-order valence-electron chi connectivity index (χ3n) is 2.65. The van der Waals surface area contributed by atoms with Crippen molar-refractivity contribution in [1.82, 2.24) is 4.98 Å². The standard InChI is InChI=1S/C14H7Cl5N2O3/c15-6-1-2-9(7(16)3-6)21-10(22)5-24-14(23)13-12(19)11(18)8(17)4-20-13/h1-4H,5H2,(H,21,22). The van der Waals surface area contributed by atoms with Gasteiger partial charge in [-0.1, -0.05) is 58.0 Å². The fraction of sp³-hybridized carbons (Fsp3) is 0.0714. The zero-order valence-electron chi connectivity index (χ0n) is 11.6. The average Bonchev–Trinajstić information content (AvgIpc) is 2.53. The van der Waals surface area contributed by atoms with Crippen LogP contribution in [0.3, 0.4) is 0 Å². The van der Waals surface area contributed by atoms with Crippen molar-refractivity contribution >= 4 is 75.6 Å². The topological polar surface area (TPSA) is 68.3 Å². The minimum atomic E-state index is -0.920. The van der Waals surface area contributed by atoms with Crippen LogP contribution in [0.1, 0.15) is 10.5 Å². The van der Waals surface area contributed by atoms with E-state index >= 15 is 0 Å². The molecule has 0 saturated carbocycles. The number of aromatic nitrogens is 1. The van der Waals surface area contributed by atoms with Crippen molar-refractivity contribution in [1.29, 1.82) is 0 Å². The number of hydrogen-bond acceptors (Lipinski definition) is 4. The molecule has 1 aromatic heterocycles. The molecule has 1 aromatic carbocycles. The first kappa shape index (κ1) is 19.1. The number of ether oxygens (including phenoxy) is 1. The number of nitrogens with one attached hydrogen (secondary N) is 1. The first-order chi connectivity index (χ1) is 11.3. The highest BCUT2D eigenvalue weighted by Crippen LogP contribution is 2.31. The number of carbonyl (C=O) groups is 2. The van der Waals surface area contributed by atoms with Crippen LogP contribution in [0.4, 0.5) is 5.69 Å². The maximum Gasteiger partial charge on any atom is 0.359 e. The van der Waals surface area contributed by atoms with Gasteiger partial charge in [0.15, 0.2) is 12.3 Å². The Morgan fingerprint density at radius 3 is 2.42 bits per heavy atom. The molecule has 2 aromatic rings. The van der Waals surface area contributed by atoms with Gasteiger partial charge in [-0.2, -0.15) is 0 Å². The maximum absolute atomic E-state index is 11.9. The summed E-state index contributed by atoms with van der Waals surface area (Å²) in [7, 11) is 0. The minimum absolute atomic E-state index is 0.0299. The van der Waals surface area contributed by atoms with Crippen molar-refractivity contribution in [3.63, 3.8) is 0 Å². The summed E-state index contributed by atoms with van der Waals surface area (Å²) in [6.45, 7) is -0.573. The fourth-order valence-electron chi connectivity index (χ4n) is 1.56. The highest BCUT2D eigenvalue weighted by Gasteiger charge is 2.19. The van der Waals surface area contributed by atoms with E-state index in [1.807, 2.05) is 0 Å². The molecule has 1 N–H and O–H groups in total. The van der Waals surface area contributed by atoms with Gasteiger partial charge in [-0.25, -0.2) is 9.78 Å². The molecule has 1 heterocycles. The molecular weight excluding hydrogens is 421 g/mol. The molecule has 0 atom stereocenters. The lowest BCUT2D eigenvalue weighted by molar-refractivity contribution is -0.119. The molecular formula is C14H7Cl5N2O3. The van der Waals surface area contributed by atoms with Gasteiger partial charge in [-0.3, -0.25) is 4.79 Å². The Labute approximate surface area is 161 Å². The lowest BCUT2D eigenvalue weighted by Crippen LogP contribution is -2.21. The molecule has 5 nitrogen and oxygen atoms in total. The quantitative estimate of drug-likeness (QED) is 0.685. The fourth-order valence-corrected chi connectivity index (χ4v) is 2.58. The smallest absolute Gasteiger partial charge is 0.359 e. The molecule has 0 bridgehead atoms. The molecule has 10 heteroatoms. The second kappa shape index (κ2) is 8.23. The summed E-state index contributed by atoms with van der Waals surface area (Å²) in [5, 5.41) is 3.04. The number of amides is 1. The summed E-state index contributed by atoms with van der Waals surface area (Å²) in [6, 6.07) is 4.53. The molecule has 0 aliphatic heterocycles. The Kier molecular flexibility index (Phi) is 6.54. The molecule has 0 unspecified atom stereocenters. The van der Waals surface area contributed by atoms with Gasteiger partial charge in [0.05, 0.1) is 25.8 Å². The van der Waals surface area contributed by atoms with E-state index in [4.69, 9.17) is 62.7 Å². The van der Waals surface area contributed by atoms with Crippen LogP contribution >= 0.6 is 58.0 Å². The van der Waals surface area contributed by atoms with Crippen LogP contribution in [0.2, 0.25) is 25.1 Å². The van der Waals surface area contributed by atoms with Gasteiger partial charge in [0, 0.05) is 11.2 Å². The predicted molar refractivity (Wildman–Crippen MR) is 94.6 cm³/mol. The van der Waals surface area contributed by atoms with E-state index in [0.29, 0.717) is 10.7 Å². The predicted octanol–water partition coefficient (Wildman–Crippen LogP) is 5.14. The minimum Gasteiger partial charge on any atom is -0.451 e. The van der Waals surface area contributed by atoms with E-state index in [1.165, 1.54) is 12.1 Å². The Balaban J connectivity index is 1.99. The number of halogens is 5. The van der Waals surface area contributed by atoms with E-state index < -0.39 is 18.5 Å². The zero-order valence-corrected chi connectivity index (χ0v) is 15.4. The van der Waals surface area contributed by atoms with Crippen molar-refractivity contribution in [2.45, 2.75) is 0 Å². The van der Waals surface area contributed by atoms with Gasteiger partial charge in [0.2, 0.25) is 0 Å². The van der Waals surface area contributed by atoms with Crippen LogP contribution in [0.25, 0.3) is 0 Å². The number of carbonyl (C=O) groups excluding carboxylic acids is 2. The maximum atomic E-state index is 11.9. The molecule has 0 saturated heterocycles. The van der Waals surface area contributed by atoms with E-state index in [9.17, 15) is 9.59 Å². The van der Waals surface area contributed by atoms with Crippen LogP contribution in [0.5, 0.6) is 0 Å². The number of rotatable bonds is 4. The Hall–Kier alpha value is -1.24. The van der Waals surface area contributed by atoms with Crippen molar-refractivity contribution in [3.05, 3.63) is 55.2 Å². The van der Waals surface area contributed by atoms with Crippen LogP contribution in [-0.4, -0.2) is 23.5 Å². The van der Waals surface area contributed by atoms with E-state index in [-0.39, 0.29) is 25.8 Å². The van der Waals surface area contributed by atoms with E-state index in [1.54, 1.807) is 6.07 Å². The molecule has 2 rings (SSSR count). The van der Waals surface area contributed by atoms with Gasteiger partial charge in [0.1, 0.15) is 0 Å². The molecule has 0 radical (unpaired) electrons. The molecule has 0 spiro atoms. The summed E-state index contributed by atoms with van der Waals surface area (Å²) >= 11 is 29.1. The molecule has 0 aliphatic rings. The van der Waals surface area contributed by atoms with Gasteiger partial charge >= 0.3 is 5.97 Å². The molecule has 0 aliphatic carbocycles. The Morgan fingerprint density at radius 1 is 1.04 bits per heavy atom. The number of benzene rings is 1. The highest BCUT2D eigenvalue weighted by molar-refractivity contribution is 6.48. The molecule has 0 fully saturated rings. The first-order valence-corrected chi connectivity index (χ1v) is 8.10. The zero-order chi connectivity index (χ0) is 17.9. The third kappa shape index (κ3) is 4.65. The average molecular weight is 428 g/mol. The van der Waals surface area contributed by atoms with Crippen LogP contribution in [0.15, 0.2) is 24.4 Å². The van der Waals surface area contributed by atoms with Crippen molar-refractivity contribution in [2.24, 2.45) is 0 Å². The SMILES string of the molecule is O=C(COC(=O)c1ncc(Cl)c(Cl)c1Cl)Nc1ccc(Cl)cc1Cl. The molecule has 24 heavy (non-hydrogen) atoms. The summed E-state index contributed by atoms with van der Waals surface area (Å²) in [5.74, 6) is -1.53. The third-order valence-corrected chi connectivity index (χ3v) is 4.44.